The molecule has 3 atom stereocenters. The van der Waals surface area contributed by atoms with Crippen molar-refractivity contribution < 1.29 is 18.3 Å². The van der Waals surface area contributed by atoms with E-state index >= 15 is 0 Å². The van der Waals surface area contributed by atoms with Crippen LogP contribution in [0.1, 0.15) is 38.3 Å². The number of fused-ring (bicyclic) bond motifs is 1. The van der Waals surface area contributed by atoms with Gasteiger partial charge in [0.15, 0.2) is 6.10 Å². The standard InChI is InChI=1S/C22H22FN3O3S/c1-13-12-16-6-4-5-7-19(16)26(13)21(27)15(3)30-22-25-24-20(29-22)14(2)28-18-10-8-17(23)9-11-18/h4-11,13-15H,12H2,1-3H3/t13-,14+,15+/m1/s1. The first kappa shape index (κ1) is 20.4. The summed E-state index contributed by atoms with van der Waals surface area (Å²) in [4.78, 5) is 14.9. The number of ether oxygens (including phenoxy) is 1. The minimum atomic E-state index is -0.506. The van der Waals surface area contributed by atoms with E-state index in [2.05, 4.69) is 23.2 Å². The number of anilines is 1. The molecule has 0 aliphatic carbocycles. The molecule has 0 fully saturated rings. The van der Waals surface area contributed by atoms with E-state index < -0.39 is 6.10 Å². The summed E-state index contributed by atoms with van der Waals surface area (Å²) >= 11 is 1.23. The number of halogens is 1. The number of aromatic nitrogens is 2. The van der Waals surface area contributed by atoms with Crippen LogP contribution in [0.3, 0.4) is 0 Å². The van der Waals surface area contributed by atoms with Gasteiger partial charge < -0.3 is 14.1 Å². The number of benzene rings is 2. The molecule has 1 aliphatic heterocycles. The number of hydrogen-bond acceptors (Lipinski definition) is 6. The van der Waals surface area contributed by atoms with Gasteiger partial charge in [-0.3, -0.25) is 4.79 Å². The predicted octanol–water partition coefficient (Wildman–Crippen LogP) is 4.81. The van der Waals surface area contributed by atoms with E-state index in [0.29, 0.717) is 16.9 Å². The second-order valence-electron chi connectivity index (χ2n) is 7.27. The Morgan fingerprint density at radius 1 is 1.20 bits per heavy atom. The first-order valence-electron chi connectivity index (χ1n) is 9.75. The molecule has 2 aromatic carbocycles. The number of carbonyl (C=O) groups is 1. The molecule has 1 aliphatic rings. The first-order chi connectivity index (χ1) is 14.4. The summed E-state index contributed by atoms with van der Waals surface area (Å²) in [6, 6.07) is 13.8. The molecule has 0 bridgehead atoms. The third-order valence-corrected chi connectivity index (χ3v) is 5.89. The maximum Gasteiger partial charge on any atom is 0.277 e. The number of thioether (sulfide) groups is 1. The van der Waals surface area contributed by atoms with Gasteiger partial charge in [-0.2, -0.15) is 0 Å². The van der Waals surface area contributed by atoms with Crippen LogP contribution < -0.4 is 9.64 Å². The van der Waals surface area contributed by atoms with E-state index in [9.17, 15) is 9.18 Å². The number of rotatable bonds is 6. The highest BCUT2D eigenvalue weighted by atomic mass is 32.2. The Hall–Kier alpha value is -2.87. The lowest BCUT2D eigenvalue weighted by molar-refractivity contribution is -0.118. The topological polar surface area (TPSA) is 68.5 Å². The van der Waals surface area contributed by atoms with Gasteiger partial charge in [-0.05, 0) is 63.1 Å². The van der Waals surface area contributed by atoms with Gasteiger partial charge in [0.05, 0.1) is 5.25 Å². The Morgan fingerprint density at radius 2 is 1.93 bits per heavy atom. The van der Waals surface area contributed by atoms with Crippen LogP contribution in [-0.2, 0) is 11.2 Å². The Balaban J connectivity index is 1.40. The van der Waals surface area contributed by atoms with E-state index in [4.69, 9.17) is 9.15 Å². The summed E-state index contributed by atoms with van der Waals surface area (Å²) in [5.41, 5.74) is 2.15. The number of nitrogens with zero attached hydrogens (tertiary/aromatic N) is 3. The molecule has 8 heteroatoms. The largest absolute Gasteiger partial charge is 0.481 e. The second kappa shape index (κ2) is 8.47. The molecule has 0 N–H and O–H groups in total. The van der Waals surface area contributed by atoms with E-state index in [1.165, 1.54) is 41.6 Å². The smallest absolute Gasteiger partial charge is 0.277 e. The van der Waals surface area contributed by atoms with Gasteiger partial charge in [0.2, 0.25) is 5.91 Å². The summed E-state index contributed by atoms with van der Waals surface area (Å²) < 4.78 is 24.4. The second-order valence-corrected chi connectivity index (χ2v) is 8.56. The van der Waals surface area contributed by atoms with Gasteiger partial charge in [0.1, 0.15) is 11.6 Å². The van der Waals surface area contributed by atoms with Crippen molar-refractivity contribution in [3.8, 4) is 5.75 Å². The minimum absolute atomic E-state index is 0.00723. The highest BCUT2D eigenvalue weighted by Gasteiger charge is 2.34. The number of carbonyl (C=O) groups excluding carboxylic acids is 1. The van der Waals surface area contributed by atoms with Crippen molar-refractivity contribution in [3.63, 3.8) is 0 Å². The maximum atomic E-state index is 13.1. The molecule has 0 unspecified atom stereocenters. The van der Waals surface area contributed by atoms with Crippen molar-refractivity contribution in [2.24, 2.45) is 0 Å². The van der Waals surface area contributed by atoms with Crippen molar-refractivity contribution in [1.82, 2.24) is 10.2 Å². The Bertz CT molecular complexity index is 1040. The third-order valence-electron chi connectivity index (χ3n) is 4.97. The summed E-state index contributed by atoms with van der Waals surface area (Å²) in [5.74, 6) is 0.468. The van der Waals surface area contributed by atoms with Gasteiger partial charge in [-0.15, -0.1) is 10.2 Å². The molecular formula is C22H22FN3O3S. The van der Waals surface area contributed by atoms with E-state index in [0.717, 1.165) is 12.1 Å². The lowest BCUT2D eigenvalue weighted by Gasteiger charge is -2.25. The summed E-state index contributed by atoms with van der Waals surface area (Å²) in [5, 5.41) is 7.99. The molecule has 0 saturated heterocycles. The Kier molecular flexibility index (Phi) is 5.76. The van der Waals surface area contributed by atoms with Crippen LogP contribution in [0.2, 0.25) is 0 Å². The van der Waals surface area contributed by atoms with Gasteiger partial charge in [-0.1, -0.05) is 30.0 Å². The monoisotopic (exact) mass is 427 g/mol. The zero-order valence-electron chi connectivity index (χ0n) is 16.9. The SMILES string of the molecule is C[C@H](Sc1nnc([C@H](C)Oc2ccc(F)cc2)o1)C(=O)N1c2ccccc2C[C@H]1C. The Labute approximate surface area is 178 Å². The molecule has 0 spiro atoms. The fourth-order valence-corrected chi connectivity index (χ4v) is 4.24. The number of amides is 1. The molecule has 1 aromatic heterocycles. The molecule has 6 nitrogen and oxygen atoms in total. The molecule has 1 amide bonds. The molecule has 2 heterocycles. The van der Waals surface area contributed by atoms with Gasteiger partial charge >= 0.3 is 0 Å². The molecule has 0 radical (unpaired) electrons. The van der Waals surface area contributed by atoms with Crippen LogP contribution >= 0.6 is 11.8 Å². The summed E-state index contributed by atoms with van der Waals surface area (Å²) in [6.45, 7) is 5.65. The van der Waals surface area contributed by atoms with Crippen molar-refractivity contribution in [1.29, 1.82) is 0 Å². The zero-order chi connectivity index (χ0) is 21.3. The van der Waals surface area contributed by atoms with Crippen molar-refractivity contribution >= 4 is 23.4 Å². The Morgan fingerprint density at radius 3 is 2.70 bits per heavy atom. The van der Waals surface area contributed by atoms with Crippen LogP contribution in [0.15, 0.2) is 58.2 Å². The third kappa shape index (κ3) is 4.18. The fraction of sp³-hybridized carbons (Fsp3) is 0.318. The van der Waals surface area contributed by atoms with Gasteiger partial charge in [0.25, 0.3) is 11.1 Å². The average Bonchev–Trinajstić information content (AvgIpc) is 3.32. The highest BCUT2D eigenvalue weighted by Crippen LogP contribution is 2.35. The molecule has 3 aromatic rings. The van der Waals surface area contributed by atoms with Crippen LogP contribution in [0.25, 0.3) is 0 Å². The average molecular weight is 428 g/mol. The minimum Gasteiger partial charge on any atom is -0.481 e. The molecule has 4 rings (SSSR count). The van der Waals surface area contributed by atoms with Crippen LogP contribution in [0, 0.1) is 5.82 Å². The van der Waals surface area contributed by atoms with E-state index in [1.807, 2.05) is 30.0 Å². The highest BCUT2D eigenvalue weighted by molar-refractivity contribution is 8.00. The van der Waals surface area contributed by atoms with Crippen molar-refractivity contribution in [2.45, 2.75) is 49.8 Å². The molecular weight excluding hydrogens is 405 g/mol. The molecule has 0 saturated carbocycles. The van der Waals surface area contributed by atoms with Crippen molar-refractivity contribution in [3.05, 3.63) is 65.8 Å². The first-order valence-corrected chi connectivity index (χ1v) is 10.6. The van der Waals surface area contributed by atoms with Crippen LogP contribution in [0.5, 0.6) is 5.75 Å². The number of para-hydroxylation sites is 1. The number of hydrogen-bond donors (Lipinski definition) is 0. The van der Waals surface area contributed by atoms with Crippen molar-refractivity contribution in [2.75, 3.05) is 4.90 Å². The predicted molar refractivity (Wildman–Crippen MR) is 112 cm³/mol. The summed E-state index contributed by atoms with van der Waals surface area (Å²) in [7, 11) is 0. The quantitative estimate of drug-likeness (QED) is 0.526. The lowest BCUT2D eigenvalue weighted by atomic mass is 10.1. The zero-order valence-corrected chi connectivity index (χ0v) is 17.7. The van der Waals surface area contributed by atoms with E-state index in [1.54, 1.807) is 6.92 Å². The molecule has 30 heavy (non-hydrogen) atoms. The van der Waals surface area contributed by atoms with Crippen LogP contribution in [0.4, 0.5) is 10.1 Å². The summed E-state index contributed by atoms with van der Waals surface area (Å²) in [6.07, 6.45) is 0.344. The maximum absolute atomic E-state index is 13.1. The van der Waals surface area contributed by atoms with Gasteiger partial charge in [-0.25, -0.2) is 4.39 Å². The van der Waals surface area contributed by atoms with E-state index in [-0.39, 0.29) is 23.0 Å². The normalized spacial score (nSPS) is 17.5. The van der Waals surface area contributed by atoms with Crippen LogP contribution in [-0.4, -0.2) is 27.4 Å². The lowest BCUT2D eigenvalue weighted by Crippen LogP contribution is -2.40. The van der Waals surface area contributed by atoms with Gasteiger partial charge in [0, 0.05) is 11.7 Å². The fourth-order valence-electron chi connectivity index (χ4n) is 3.50. The molecule has 156 valence electrons.